The zero-order valence-corrected chi connectivity index (χ0v) is 11.0. The molecule has 0 aromatic heterocycles. The van der Waals surface area contributed by atoms with Gasteiger partial charge in [-0.05, 0) is 18.3 Å². The van der Waals surface area contributed by atoms with Crippen LogP contribution in [0.15, 0.2) is 0 Å². The fourth-order valence-corrected chi connectivity index (χ4v) is 2.08. The first-order chi connectivity index (χ1) is 7.06. The van der Waals surface area contributed by atoms with Gasteiger partial charge in [0.2, 0.25) is 0 Å². The molecule has 0 radical (unpaired) electrons. The minimum Gasteiger partial charge on any atom is -1.00 e. The summed E-state index contributed by atoms with van der Waals surface area (Å²) in [7, 11) is -8.55. The third-order valence-electron chi connectivity index (χ3n) is 2.77. The second kappa shape index (κ2) is 7.45. The van der Waals surface area contributed by atoms with Crippen LogP contribution in [0, 0.1) is 11.8 Å². The maximum atomic E-state index is 9.84. The molecular formula is C10H20F6P-. The smallest absolute Gasteiger partial charge is 1.00 e. The standard InChI is InChI=1S/C10H20.F5P.FH/c1-3-4-5-10-7-6-9(2)8-10;1-6(2,3,4)5;/h9-10H,3-8H2,1-2H3;;1H/p-1. The van der Waals surface area contributed by atoms with Crippen LogP contribution in [0.5, 0.6) is 0 Å². The molecule has 2 atom stereocenters. The average Bonchev–Trinajstić information content (AvgIpc) is 2.43. The van der Waals surface area contributed by atoms with Crippen molar-refractivity contribution in [2.45, 2.75) is 52.4 Å². The summed E-state index contributed by atoms with van der Waals surface area (Å²) < 4.78 is 49.2. The third kappa shape index (κ3) is 18.6. The molecule has 1 aliphatic carbocycles. The summed E-state index contributed by atoms with van der Waals surface area (Å²) in [5, 5.41) is 0. The van der Waals surface area contributed by atoms with Crippen LogP contribution in [0.3, 0.4) is 0 Å². The second-order valence-corrected chi connectivity index (χ2v) is 5.84. The van der Waals surface area contributed by atoms with Gasteiger partial charge in [-0.2, -0.15) is 0 Å². The van der Waals surface area contributed by atoms with Crippen molar-refractivity contribution in [3.63, 3.8) is 0 Å². The summed E-state index contributed by atoms with van der Waals surface area (Å²) in [5.41, 5.74) is 0. The van der Waals surface area contributed by atoms with Crippen molar-refractivity contribution < 1.29 is 25.7 Å². The van der Waals surface area contributed by atoms with E-state index >= 15 is 0 Å². The van der Waals surface area contributed by atoms with E-state index in [1.807, 2.05) is 0 Å². The van der Waals surface area contributed by atoms with Crippen LogP contribution >= 0.6 is 8.16 Å². The summed E-state index contributed by atoms with van der Waals surface area (Å²) in [6.45, 7) is 4.68. The summed E-state index contributed by atoms with van der Waals surface area (Å²) in [6.07, 6.45) is 8.86. The zero-order chi connectivity index (χ0) is 12.8. The van der Waals surface area contributed by atoms with Crippen LogP contribution in [-0.4, -0.2) is 0 Å². The SMILES string of the molecule is CCCCC1CCC(C)C1.FP(F)(F)(F)F.[F-]. The van der Waals surface area contributed by atoms with E-state index in [9.17, 15) is 21.0 Å². The number of hydrogen-bond donors (Lipinski definition) is 0. The quantitative estimate of drug-likeness (QED) is 0.549. The van der Waals surface area contributed by atoms with Crippen molar-refractivity contribution in [1.82, 2.24) is 0 Å². The van der Waals surface area contributed by atoms with Gasteiger partial charge in [-0.1, -0.05) is 46.0 Å². The molecule has 0 nitrogen and oxygen atoms in total. The predicted molar refractivity (Wildman–Crippen MR) is 58.5 cm³/mol. The van der Waals surface area contributed by atoms with Gasteiger partial charge in [0, 0.05) is 0 Å². The zero-order valence-electron chi connectivity index (χ0n) is 10.1. The summed E-state index contributed by atoms with van der Waals surface area (Å²) in [6, 6.07) is 0. The van der Waals surface area contributed by atoms with E-state index in [1.54, 1.807) is 0 Å². The number of unbranched alkanes of at least 4 members (excludes halogenated alkanes) is 1. The number of rotatable bonds is 3. The van der Waals surface area contributed by atoms with Crippen molar-refractivity contribution in [2.75, 3.05) is 0 Å². The Kier molecular flexibility index (Phi) is 8.48. The number of halogens is 6. The van der Waals surface area contributed by atoms with E-state index in [0.29, 0.717) is 0 Å². The topological polar surface area (TPSA) is 0 Å². The van der Waals surface area contributed by atoms with Crippen molar-refractivity contribution in [3.8, 4) is 0 Å². The summed E-state index contributed by atoms with van der Waals surface area (Å²) in [5.74, 6) is 2.12. The van der Waals surface area contributed by atoms with Gasteiger partial charge < -0.3 is 4.70 Å². The van der Waals surface area contributed by atoms with Crippen LogP contribution < -0.4 is 4.70 Å². The molecule has 0 saturated heterocycles. The maximum absolute atomic E-state index is 9.84. The first kappa shape index (κ1) is 19.4. The van der Waals surface area contributed by atoms with E-state index in [-0.39, 0.29) is 4.70 Å². The van der Waals surface area contributed by atoms with Gasteiger partial charge in [-0.25, -0.2) is 0 Å². The van der Waals surface area contributed by atoms with Crippen LogP contribution in [0.25, 0.3) is 0 Å². The predicted octanol–water partition coefficient (Wildman–Crippen LogP) is 3.58. The molecule has 0 heterocycles. The molecule has 7 heteroatoms. The molecule has 0 aliphatic heterocycles. The molecule has 0 N–H and O–H groups in total. The van der Waals surface area contributed by atoms with Crippen molar-refractivity contribution >= 4 is 8.16 Å². The second-order valence-electron chi connectivity index (χ2n) is 4.57. The minimum absolute atomic E-state index is 0. The summed E-state index contributed by atoms with van der Waals surface area (Å²) in [4.78, 5) is 0. The first-order valence-electron chi connectivity index (χ1n) is 5.67. The van der Waals surface area contributed by atoms with Gasteiger partial charge in [0.1, 0.15) is 0 Å². The Morgan fingerprint density at radius 1 is 1.06 bits per heavy atom. The van der Waals surface area contributed by atoms with E-state index < -0.39 is 8.16 Å². The molecule has 17 heavy (non-hydrogen) atoms. The van der Waals surface area contributed by atoms with Gasteiger partial charge in [-0.15, -0.1) is 0 Å². The molecule has 0 amide bonds. The van der Waals surface area contributed by atoms with Gasteiger partial charge in [0.15, 0.2) is 0 Å². The molecule has 1 aliphatic rings. The average molecular weight is 285 g/mol. The molecule has 0 aromatic carbocycles. The first-order valence-corrected chi connectivity index (χ1v) is 7.36. The molecular weight excluding hydrogens is 265 g/mol. The maximum Gasteiger partial charge on any atom is -1.00 e. The van der Waals surface area contributed by atoms with E-state index in [2.05, 4.69) is 13.8 Å². The Hall–Kier alpha value is 0.01000. The number of hydrogen-bond acceptors (Lipinski definition) is 0. The summed E-state index contributed by atoms with van der Waals surface area (Å²) >= 11 is 0. The molecule has 1 saturated carbocycles. The third-order valence-corrected chi connectivity index (χ3v) is 2.77. The normalized spacial score (nSPS) is 26.2. The van der Waals surface area contributed by atoms with E-state index in [0.717, 1.165) is 11.8 Å². The van der Waals surface area contributed by atoms with Crippen molar-refractivity contribution in [2.24, 2.45) is 11.8 Å². The van der Waals surface area contributed by atoms with Gasteiger partial charge in [-0.3, -0.25) is 0 Å². The van der Waals surface area contributed by atoms with Crippen molar-refractivity contribution in [1.29, 1.82) is 0 Å². The van der Waals surface area contributed by atoms with E-state index in [4.69, 9.17) is 0 Å². The molecule has 108 valence electrons. The van der Waals surface area contributed by atoms with Crippen LogP contribution in [0.1, 0.15) is 52.4 Å². The molecule has 2 unspecified atom stereocenters. The molecule has 1 rings (SSSR count). The van der Waals surface area contributed by atoms with Crippen LogP contribution in [0.4, 0.5) is 21.0 Å². The van der Waals surface area contributed by atoms with Crippen molar-refractivity contribution in [3.05, 3.63) is 0 Å². The largest absolute Gasteiger partial charge is 1.00 e. The molecule has 0 aromatic rings. The minimum atomic E-state index is -8.55. The molecule has 1 fully saturated rings. The molecule has 0 bridgehead atoms. The van der Waals surface area contributed by atoms with Gasteiger partial charge in [0.05, 0.1) is 0 Å². The Labute approximate surface area is 98.9 Å². The monoisotopic (exact) mass is 285 g/mol. The van der Waals surface area contributed by atoms with Crippen LogP contribution in [-0.2, 0) is 0 Å². The fraction of sp³-hybridized carbons (Fsp3) is 1.00. The van der Waals surface area contributed by atoms with Gasteiger partial charge >= 0.3 is 29.1 Å². The Morgan fingerprint density at radius 3 is 1.82 bits per heavy atom. The molecule has 0 spiro atoms. The fourth-order valence-electron chi connectivity index (χ4n) is 2.08. The van der Waals surface area contributed by atoms with E-state index in [1.165, 1.54) is 38.5 Å². The Bertz CT molecular complexity index is 184. The van der Waals surface area contributed by atoms with Gasteiger partial charge in [0.25, 0.3) is 0 Å². The Morgan fingerprint density at radius 2 is 1.53 bits per heavy atom. The van der Waals surface area contributed by atoms with Crippen LogP contribution in [0.2, 0.25) is 0 Å². The Balaban J connectivity index is 0.